The monoisotopic (exact) mass is 771 g/mol. The largest absolute Gasteiger partial charge is 0.310 e. The molecule has 4 aliphatic rings. The highest BCUT2D eigenvalue weighted by Crippen LogP contribution is 2.66. The Morgan fingerprint density at radius 2 is 0.917 bits per heavy atom. The van der Waals surface area contributed by atoms with Crippen molar-refractivity contribution in [1.82, 2.24) is 0 Å². The molecule has 0 aliphatic heterocycles. The van der Waals surface area contributed by atoms with E-state index in [9.17, 15) is 0 Å². The van der Waals surface area contributed by atoms with Crippen molar-refractivity contribution in [2.24, 2.45) is 23.7 Å². The molecule has 60 heavy (non-hydrogen) atoms. The number of nitrogens with zero attached hydrogens (tertiary/aromatic N) is 1. The van der Waals surface area contributed by atoms with Crippen LogP contribution in [-0.4, -0.2) is 0 Å². The maximum Gasteiger partial charge on any atom is 0.0540 e. The Bertz CT molecular complexity index is 2850. The molecule has 0 amide bonds. The van der Waals surface area contributed by atoms with Gasteiger partial charge in [0.15, 0.2) is 0 Å². The lowest BCUT2D eigenvalue weighted by molar-refractivity contribution is -0.0103. The Balaban J connectivity index is 1.06. The van der Waals surface area contributed by atoms with Gasteiger partial charge in [0.25, 0.3) is 0 Å². The second-order valence-electron chi connectivity index (χ2n) is 18.0. The van der Waals surface area contributed by atoms with Crippen LogP contribution >= 0.6 is 0 Å². The van der Waals surface area contributed by atoms with Gasteiger partial charge in [-0.15, -0.1) is 0 Å². The normalized spacial score (nSPS) is 22.0. The van der Waals surface area contributed by atoms with Gasteiger partial charge >= 0.3 is 0 Å². The molecule has 1 nitrogen and oxygen atoms in total. The predicted octanol–water partition coefficient (Wildman–Crippen LogP) is 15.9. The van der Waals surface area contributed by atoms with Gasteiger partial charge in [-0.25, -0.2) is 0 Å². The van der Waals surface area contributed by atoms with Gasteiger partial charge in [-0.3, -0.25) is 0 Å². The number of hydrogen-bond acceptors (Lipinski definition) is 1. The highest BCUT2D eigenvalue weighted by molar-refractivity contribution is 5.97. The maximum atomic E-state index is 2.64. The van der Waals surface area contributed by atoms with E-state index in [1.807, 2.05) is 0 Å². The van der Waals surface area contributed by atoms with Gasteiger partial charge in [0.1, 0.15) is 0 Å². The van der Waals surface area contributed by atoms with Crippen LogP contribution in [0.5, 0.6) is 0 Å². The molecule has 3 fully saturated rings. The molecule has 5 unspecified atom stereocenters. The van der Waals surface area contributed by atoms with Crippen molar-refractivity contribution in [3.05, 3.63) is 211 Å². The third kappa shape index (κ3) is 5.66. The van der Waals surface area contributed by atoms with E-state index in [1.54, 1.807) is 11.1 Å². The molecule has 0 N–H and O–H groups in total. The summed E-state index contributed by atoms with van der Waals surface area (Å²) < 4.78 is 0. The molecule has 3 bridgehead atoms. The standard InChI is InChI=1S/C59H49N/c1-3-15-41(16-4-1)42-29-31-47(32-30-42)60(58-26-14-12-24-55(58)52-22-10-9-21-51(52)50-20-8-7-19-49(50)43-17-5-2-6-18-43)48-33-34-54-53-23-11-13-25-56(53)59(57(54)38-48)39-44-28-27-40-35-45(44)37-46(59)36-40/h1-26,29-34,38,40,44-46H,27-28,35-37,39H2. The third-order valence-corrected chi connectivity index (χ3v) is 15.1. The smallest absolute Gasteiger partial charge is 0.0540 e. The number of benzene rings is 8. The van der Waals surface area contributed by atoms with Gasteiger partial charge < -0.3 is 4.90 Å². The summed E-state index contributed by atoms with van der Waals surface area (Å²) in [5.74, 6) is 3.31. The lowest BCUT2D eigenvalue weighted by Gasteiger charge is -2.57. The molecule has 12 rings (SSSR count). The zero-order chi connectivity index (χ0) is 39.6. The summed E-state index contributed by atoms with van der Waals surface area (Å²) >= 11 is 0. The van der Waals surface area contributed by atoms with Crippen LogP contribution < -0.4 is 4.90 Å². The summed E-state index contributed by atoms with van der Waals surface area (Å²) in [5.41, 5.74) is 19.5. The van der Waals surface area contributed by atoms with Crippen molar-refractivity contribution in [1.29, 1.82) is 0 Å². The Morgan fingerprint density at radius 3 is 1.67 bits per heavy atom. The SMILES string of the molecule is c1ccc(-c2ccc(N(c3ccc4c(c3)C3(CC5CCC6CC5CC3C6)c3ccccc3-4)c3ccccc3-c3ccccc3-c3ccccc3-c3ccccc3)cc2)cc1. The molecule has 290 valence electrons. The summed E-state index contributed by atoms with van der Waals surface area (Å²) in [6.45, 7) is 0. The maximum absolute atomic E-state index is 2.64. The van der Waals surface area contributed by atoms with Gasteiger partial charge in [0.2, 0.25) is 0 Å². The van der Waals surface area contributed by atoms with Crippen molar-refractivity contribution >= 4 is 17.1 Å². The molecular weight excluding hydrogens is 723 g/mol. The molecule has 0 radical (unpaired) electrons. The van der Waals surface area contributed by atoms with E-state index in [2.05, 4.69) is 205 Å². The molecule has 8 aromatic carbocycles. The number of hydrogen-bond donors (Lipinski definition) is 0. The van der Waals surface area contributed by atoms with Crippen LogP contribution in [-0.2, 0) is 5.41 Å². The van der Waals surface area contributed by atoms with Crippen LogP contribution in [0.25, 0.3) is 55.6 Å². The quantitative estimate of drug-likeness (QED) is 0.156. The minimum absolute atomic E-state index is 0.0678. The van der Waals surface area contributed by atoms with E-state index >= 15 is 0 Å². The minimum atomic E-state index is 0.0678. The predicted molar refractivity (Wildman–Crippen MR) is 251 cm³/mol. The number of para-hydroxylation sites is 1. The number of rotatable bonds is 7. The summed E-state index contributed by atoms with van der Waals surface area (Å²) in [4.78, 5) is 2.56. The first kappa shape index (κ1) is 35.5. The molecule has 5 atom stereocenters. The van der Waals surface area contributed by atoms with Crippen LogP contribution in [0.2, 0.25) is 0 Å². The molecule has 0 heterocycles. The molecule has 4 aliphatic carbocycles. The Labute approximate surface area is 355 Å². The van der Waals surface area contributed by atoms with Gasteiger partial charge in [-0.1, -0.05) is 176 Å². The van der Waals surface area contributed by atoms with Gasteiger partial charge in [0.05, 0.1) is 5.69 Å². The van der Waals surface area contributed by atoms with Crippen molar-refractivity contribution in [2.45, 2.75) is 43.9 Å². The van der Waals surface area contributed by atoms with Crippen molar-refractivity contribution in [3.63, 3.8) is 0 Å². The van der Waals surface area contributed by atoms with E-state index in [4.69, 9.17) is 0 Å². The van der Waals surface area contributed by atoms with Crippen LogP contribution in [0.4, 0.5) is 17.1 Å². The number of fused-ring (bicyclic) bond motifs is 8. The molecule has 0 aromatic heterocycles. The average molecular weight is 772 g/mol. The van der Waals surface area contributed by atoms with Crippen LogP contribution in [0.3, 0.4) is 0 Å². The van der Waals surface area contributed by atoms with E-state index < -0.39 is 0 Å². The van der Waals surface area contributed by atoms with E-state index in [-0.39, 0.29) is 5.41 Å². The van der Waals surface area contributed by atoms with Crippen molar-refractivity contribution < 1.29 is 0 Å². The molecule has 3 saturated carbocycles. The van der Waals surface area contributed by atoms with Crippen LogP contribution in [0, 0.1) is 23.7 Å². The molecule has 1 heteroatoms. The lowest BCUT2D eigenvalue weighted by Crippen LogP contribution is -2.50. The summed E-state index contributed by atoms with van der Waals surface area (Å²) in [7, 11) is 0. The zero-order valence-electron chi connectivity index (χ0n) is 34.1. The Morgan fingerprint density at radius 1 is 0.367 bits per heavy atom. The third-order valence-electron chi connectivity index (χ3n) is 15.1. The topological polar surface area (TPSA) is 3.24 Å². The summed E-state index contributed by atoms with van der Waals surface area (Å²) in [5, 5.41) is 0. The van der Waals surface area contributed by atoms with Gasteiger partial charge in [-0.05, 0) is 147 Å². The fraction of sp³-hybridized carbons (Fsp3) is 0.186. The molecule has 8 aromatic rings. The summed E-state index contributed by atoms with van der Waals surface area (Å²) in [6, 6.07) is 74.8. The Kier molecular flexibility index (Phi) is 8.51. The first-order valence-corrected chi connectivity index (χ1v) is 22.3. The average Bonchev–Trinajstić information content (AvgIpc) is 3.59. The van der Waals surface area contributed by atoms with Crippen molar-refractivity contribution in [3.8, 4) is 55.6 Å². The minimum Gasteiger partial charge on any atom is -0.310 e. The number of anilines is 3. The zero-order valence-corrected chi connectivity index (χ0v) is 34.1. The fourth-order valence-electron chi connectivity index (χ4n) is 12.5. The first-order chi connectivity index (χ1) is 29.7. The molecule has 0 saturated heterocycles. The highest BCUT2D eigenvalue weighted by Gasteiger charge is 2.57. The second kappa shape index (κ2) is 14.4. The van der Waals surface area contributed by atoms with Crippen LogP contribution in [0.15, 0.2) is 200 Å². The first-order valence-electron chi connectivity index (χ1n) is 22.3. The van der Waals surface area contributed by atoms with Gasteiger partial charge in [-0.2, -0.15) is 0 Å². The molecule has 1 spiro atoms. The van der Waals surface area contributed by atoms with Crippen LogP contribution in [0.1, 0.15) is 49.7 Å². The van der Waals surface area contributed by atoms with E-state index in [1.165, 1.54) is 106 Å². The highest BCUT2D eigenvalue weighted by atomic mass is 15.1. The fourth-order valence-corrected chi connectivity index (χ4v) is 12.5. The molecular formula is C59H49N. The van der Waals surface area contributed by atoms with E-state index in [0.29, 0.717) is 5.92 Å². The summed E-state index contributed by atoms with van der Waals surface area (Å²) in [6.07, 6.45) is 8.35. The van der Waals surface area contributed by atoms with Crippen molar-refractivity contribution in [2.75, 3.05) is 4.90 Å². The van der Waals surface area contributed by atoms with Gasteiger partial charge in [0, 0.05) is 22.4 Å². The van der Waals surface area contributed by atoms with E-state index in [0.717, 1.165) is 23.4 Å². The lowest BCUT2D eigenvalue weighted by atomic mass is 9.47. The Hall–Kier alpha value is -6.44. The second-order valence-corrected chi connectivity index (χ2v) is 18.0.